The normalized spacial score (nSPS) is 11.7. The summed E-state index contributed by atoms with van der Waals surface area (Å²) < 4.78 is 13.7. The summed E-state index contributed by atoms with van der Waals surface area (Å²) in [5.41, 5.74) is 2.08. The van der Waals surface area contributed by atoms with E-state index in [9.17, 15) is 4.57 Å². The summed E-state index contributed by atoms with van der Waals surface area (Å²) in [5, 5.41) is 0.801. The van der Waals surface area contributed by atoms with Gasteiger partial charge in [0.2, 0.25) is 5.28 Å². The lowest BCUT2D eigenvalue weighted by atomic mass is 10.2. The Labute approximate surface area is 152 Å². The molecule has 0 saturated heterocycles. The quantitative estimate of drug-likeness (QED) is 0.468. The zero-order chi connectivity index (χ0) is 17.5. The third-order valence-corrected chi connectivity index (χ3v) is 5.77. The number of hydrogen-bond donors (Lipinski definition) is 0. The van der Waals surface area contributed by atoms with Gasteiger partial charge in [-0.05, 0) is 53.0 Å². The largest absolute Gasteiger partial charge is 0.328 e. The zero-order valence-electron chi connectivity index (χ0n) is 13.2. The number of anilines is 2. The van der Waals surface area contributed by atoms with Crippen molar-refractivity contribution in [2.24, 2.45) is 0 Å². The molecule has 9 heteroatoms. The molecule has 0 fully saturated rings. The Balaban J connectivity index is 2.30. The molecule has 0 spiro atoms. The molecule has 124 valence electrons. The van der Waals surface area contributed by atoms with E-state index in [1.807, 2.05) is 24.1 Å². The summed E-state index contributed by atoms with van der Waals surface area (Å²) in [7, 11) is -0.805. The van der Waals surface area contributed by atoms with Gasteiger partial charge in [-0.1, -0.05) is 0 Å². The summed E-state index contributed by atoms with van der Waals surface area (Å²) in [6.07, 6.45) is 4.80. The number of nitrogens with zero attached hydrogens (tertiary/aromatic N) is 5. The lowest BCUT2D eigenvalue weighted by Crippen LogP contribution is -2.21. The van der Waals surface area contributed by atoms with Gasteiger partial charge in [0.1, 0.15) is 12.7 Å². The monoisotopic (exact) mass is 425 g/mol. The van der Waals surface area contributed by atoms with E-state index in [0.29, 0.717) is 26.6 Å². The second kappa shape index (κ2) is 6.39. The smallest absolute Gasteiger partial charge is 0.224 e. The molecule has 0 atom stereocenters. The van der Waals surface area contributed by atoms with Crippen LogP contribution in [0.15, 0.2) is 35.2 Å². The van der Waals surface area contributed by atoms with Crippen LogP contribution in [0.4, 0.5) is 11.5 Å². The van der Waals surface area contributed by atoms with E-state index in [-0.39, 0.29) is 5.28 Å². The Morgan fingerprint density at radius 2 is 1.88 bits per heavy atom. The first-order valence-electron chi connectivity index (χ1n) is 7.00. The van der Waals surface area contributed by atoms with Gasteiger partial charge >= 0.3 is 0 Å². The molecule has 2 heterocycles. The van der Waals surface area contributed by atoms with Crippen LogP contribution in [0, 0.1) is 0 Å². The molecule has 3 rings (SSSR count). The number of hydrogen-bond acceptors (Lipinski definition) is 6. The second-order valence-electron chi connectivity index (χ2n) is 5.58. The summed E-state index contributed by atoms with van der Waals surface area (Å²) >= 11 is 9.36. The second-order valence-corrected chi connectivity index (χ2v) is 9.92. The van der Waals surface area contributed by atoms with E-state index < -0.39 is 7.14 Å². The SMILES string of the molecule is CN(c1ccc2nccnc2c1P(C)(C)=O)c1nc(Cl)ncc1Br. The molecule has 0 radical (unpaired) electrons. The van der Waals surface area contributed by atoms with Crippen molar-refractivity contribution in [3.05, 3.63) is 40.5 Å². The van der Waals surface area contributed by atoms with Gasteiger partial charge in [-0.3, -0.25) is 9.97 Å². The van der Waals surface area contributed by atoms with Gasteiger partial charge in [-0.25, -0.2) is 4.98 Å². The first-order valence-corrected chi connectivity index (χ1v) is 10.8. The van der Waals surface area contributed by atoms with Crippen molar-refractivity contribution in [1.82, 2.24) is 19.9 Å². The van der Waals surface area contributed by atoms with Crippen LogP contribution in [-0.4, -0.2) is 40.3 Å². The lowest BCUT2D eigenvalue weighted by molar-refractivity contribution is 0.588. The molecular formula is C15H14BrClN5OP. The lowest BCUT2D eigenvalue weighted by Gasteiger charge is -2.24. The maximum Gasteiger partial charge on any atom is 0.224 e. The molecule has 0 aliphatic carbocycles. The van der Waals surface area contributed by atoms with E-state index in [0.717, 1.165) is 5.69 Å². The van der Waals surface area contributed by atoms with E-state index in [2.05, 4.69) is 35.9 Å². The molecule has 0 saturated carbocycles. The van der Waals surface area contributed by atoms with Crippen LogP contribution < -0.4 is 10.2 Å². The summed E-state index contributed by atoms with van der Waals surface area (Å²) in [4.78, 5) is 18.7. The van der Waals surface area contributed by atoms with Gasteiger partial charge in [0.15, 0.2) is 5.82 Å². The standard InChI is InChI=1S/C15H14BrClN5OP/c1-22(14-9(16)8-20-15(17)21-14)11-5-4-10-12(19-7-6-18-10)13(11)24(2,3)23/h4-8H,1-3H3. The minimum atomic E-state index is -2.64. The van der Waals surface area contributed by atoms with Crippen molar-refractivity contribution in [2.75, 3.05) is 25.3 Å². The zero-order valence-corrected chi connectivity index (χ0v) is 16.5. The molecule has 3 aromatic rings. The van der Waals surface area contributed by atoms with Crippen molar-refractivity contribution < 1.29 is 4.57 Å². The van der Waals surface area contributed by atoms with Crippen molar-refractivity contribution >= 4 is 62.5 Å². The third kappa shape index (κ3) is 3.16. The Morgan fingerprint density at radius 1 is 1.17 bits per heavy atom. The number of aromatic nitrogens is 4. The molecule has 0 aliphatic heterocycles. The van der Waals surface area contributed by atoms with Crippen LogP contribution >= 0.6 is 34.7 Å². The number of rotatable bonds is 3. The highest BCUT2D eigenvalue weighted by atomic mass is 79.9. The third-order valence-electron chi connectivity index (χ3n) is 3.51. The maximum atomic E-state index is 13.0. The highest BCUT2D eigenvalue weighted by Gasteiger charge is 2.25. The summed E-state index contributed by atoms with van der Waals surface area (Å²) in [5.74, 6) is 0.577. The number of fused-ring (bicyclic) bond motifs is 1. The Bertz CT molecular complexity index is 977. The van der Waals surface area contributed by atoms with Crippen molar-refractivity contribution in [2.45, 2.75) is 0 Å². The fourth-order valence-corrected chi connectivity index (χ4v) is 4.54. The van der Waals surface area contributed by atoms with E-state index >= 15 is 0 Å². The molecule has 0 amide bonds. The predicted octanol–water partition coefficient (Wildman–Crippen LogP) is 3.85. The van der Waals surface area contributed by atoms with E-state index in [1.54, 1.807) is 31.9 Å². The van der Waals surface area contributed by atoms with Crippen LogP contribution in [0.5, 0.6) is 0 Å². The predicted molar refractivity (Wildman–Crippen MR) is 101 cm³/mol. The van der Waals surface area contributed by atoms with E-state index in [1.165, 1.54) is 0 Å². The molecular weight excluding hydrogens is 413 g/mol. The summed E-state index contributed by atoms with van der Waals surface area (Å²) in [6, 6.07) is 3.72. The highest BCUT2D eigenvalue weighted by molar-refractivity contribution is 9.10. The average Bonchev–Trinajstić information content (AvgIpc) is 2.54. The fraction of sp³-hybridized carbons (Fsp3) is 0.200. The molecule has 24 heavy (non-hydrogen) atoms. The molecule has 1 aromatic carbocycles. The van der Waals surface area contributed by atoms with Gasteiger partial charge in [0, 0.05) is 25.6 Å². The number of benzene rings is 1. The molecule has 6 nitrogen and oxygen atoms in total. The minimum Gasteiger partial charge on any atom is -0.328 e. The van der Waals surface area contributed by atoms with Crippen LogP contribution in [0.1, 0.15) is 0 Å². The van der Waals surface area contributed by atoms with Gasteiger partial charge in [0.25, 0.3) is 0 Å². The maximum absolute atomic E-state index is 13.0. The van der Waals surface area contributed by atoms with Crippen LogP contribution in [0.3, 0.4) is 0 Å². The minimum absolute atomic E-state index is 0.137. The Hall–Kier alpha value is -1.56. The van der Waals surface area contributed by atoms with Gasteiger partial charge < -0.3 is 9.46 Å². The van der Waals surface area contributed by atoms with Crippen molar-refractivity contribution in [1.29, 1.82) is 0 Å². The topological polar surface area (TPSA) is 71.9 Å². The average molecular weight is 427 g/mol. The van der Waals surface area contributed by atoms with Gasteiger partial charge in [-0.15, -0.1) is 0 Å². The van der Waals surface area contributed by atoms with Crippen LogP contribution in [0.25, 0.3) is 11.0 Å². The molecule has 0 N–H and O–H groups in total. The van der Waals surface area contributed by atoms with Crippen molar-refractivity contribution in [3.8, 4) is 0 Å². The Kier molecular flexibility index (Phi) is 4.60. The van der Waals surface area contributed by atoms with E-state index in [4.69, 9.17) is 11.6 Å². The Morgan fingerprint density at radius 3 is 2.58 bits per heavy atom. The van der Waals surface area contributed by atoms with Crippen LogP contribution in [-0.2, 0) is 4.57 Å². The first kappa shape index (κ1) is 17.3. The van der Waals surface area contributed by atoms with Crippen molar-refractivity contribution in [3.63, 3.8) is 0 Å². The fourth-order valence-electron chi connectivity index (χ4n) is 2.50. The molecule has 2 aromatic heterocycles. The molecule has 0 unspecified atom stereocenters. The number of halogens is 2. The van der Waals surface area contributed by atoms with Gasteiger partial charge in [-0.2, -0.15) is 4.98 Å². The first-order chi connectivity index (χ1) is 11.3. The molecule has 0 aliphatic rings. The highest BCUT2D eigenvalue weighted by Crippen LogP contribution is 2.42. The van der Waals surface area contributed by atoms with Crippen LogP contribution in [0.2, 0.25) is 5.28 Å². The van der Waals surface area contributed by atoms with Gasteiger partial charge in [0.05, 0.1) is 21.0 Å². The molecule has 0 bridgehead atoms. The summed E-state index contributed by atoms with van der Waals surface area (Å²) in [6.45, 7) is 3.44.